The number of Topliss-reactive ketones (excluding diaryl/α,β-unsaturated/α-hetero) is 1. The minimum Gasteiger partial charge on any atom is -0.481 e. The van der Waals surface area contributed by atoms with Crippen LogP contribution in [0.4, 0.5) is 0 Å². The second-order valence-electron chi connectivity index (χ2n) is 5.10. The van der Waals surface area contributed by atoms with E-state index in [1.165, 1.54) is 0 Å². The summed E-state index contributed by atoms with van der Waals surface area (Å²) in [5, 5.41) is 8.52. The van der Waals surface area contributed by atoms with Crippen molar-refractivity contribution in [3.05, 3.63) is 0 Å². The van der Waals surface area contributed by atoms with Crippen LogP contribution < -0.4 is 5.73 Å². The van der Waals surface area contributed by atoms with Gasteiger partial charge in [-0.3, -0.25) is 14.5 Å². The molecule has 3 N–H and O–H groups in total. The van der Waals surface area contributed by atoms with Crippen LogP contribution >= 0.6 is 0 Å². The average Bonchev–Trinajstić information content (AvgIpc) is 2.63. The summed E-state index contributed by atoms with van der Waals surface area (Å²) < 4.78 is 0. The van der Waals surface area contributed by atoms with Crippen LogP contribution in [0, 0.1) is 0 Å². The minimum absolute atomic E-state index is 0.0222. The first-order chi connectivity index (χ1) is 12.0. The highest BCUT2D eigenvalue weighted by Crippen LogP contribution is 2.12. The molecule has 0 aromatic heterocycles. The van der Waals surface area contributed by atoms with Crippen LogP contribution in [0.2, 0.25) is 0 Å². The molecule has 0 aliphatic carbocycles. The summed E-state index contributed by atoms with van der Waals surface area (Å²) in [7, 11) is 1.96. The molecule has 0 rings (SSSR count). The van der Waals surface area contributed by atoms with Crippen molar-refractivity contribution in [2.75, 3.05) is 20.1 Å². The van der Waals surface area contributed by atoms with Crippen molar-refractivity contribution in [1.29, 1.82) is 0 Å². The number of ketones is 1. The summed E-state index contributed by atoms with van der Waals surface area (Å²) in [6.45, 7) is 15.1. The second kappa shape index (κ2) is 27.9. The fraction of sp³-hybridized carbons (Fsp3) is 0.900. The maximum atomic E-state index is 11.6. The van der Waals surface area contributed by atoms with Gasteiger partial charge in [0.2, 0.25) is 0 Å². The maximum Gasteiger partial charge on any atom is 0.303 e. The Morgan fingerprint density at radius 3 is 1.80 bits per heavy atom. The van der Waals surface area contributed by atoms with E-state index in [-0.39, 0.29) is 18.2 Å². The van der Waals surface area contributed by atoms with Crippen LogP contribution in [0.5, 0.6) is 0 Å². The Morgan fingerprint density at radius 2 is 1.40 bits per heavy atom. The lowest BCUT2D eigenvalue weighted by Gasteiger charge is -2.25. The largest absolute Gasteiger partial charge is 0.481 e. The third-order valence-corrected chi connectivity index (χ3v) is 3.33. The van der Waals surface area contributed by atoms with Crippen molar-refractivity contribution < 1.29 is 14.7 Å². The molecule has 0 saturated heterocycles. The summed E-state index contributed by atoms with van der Waals surface area (Å²) in [5.41, 5.74) is 5.47. The zero-order chi connectivity index (χ0) is 20.7. The topological polar surface area (TPSA) is 83.6 Å². The Balaban J connectivity index is -0.000000329. The number of hydrogen-bond acceptors (Lipinski definition) is 4. The van der Waals surface area contributed by atoms with Gasteiger partial charge in [-0.1, -0.05) is 60.8 Å². The number of carbonyl (C=O) groups excluding carboxylic acids is 1. The number of hydrogen-bond donors (Lipinski definition) is 2. The van der Waals surface area contributed by atoms with Crippen molar-refractivity contribution in [3.8, 4) is 0 Å². The fourth-order valence-electron chi connectivity index (χ4n) is 2.20. The molecule has 0 heterocycles. The van der Waals surface area contributed by atoms with E-state index in [1.807, 2.05) is 48.6 Å². The molecule has 0 aromatic rings. The zero-order valence-corrected chi connectivity index (χ0v) is 18.2. The number of likely N-dealkylation sites (N-methyl/N-ethyl adjacent to an activating group) is 1. The van der Waals surface area contributed by atoms with Crippen LogP contribution in [0.1, 0.15) is 93.4 Å². The Morgan fingerprint density at radius 1 is 0.920 bits per heavy atom. The van der Waals surface area contributed by atoms with E-state index < -0.39 is 5.97 Å². The lowest BCUT2D eigenvalue weighted by atomic mass is 10.0. The van der Waals surface area contributed by atoms with Crippen LogP contribution in [-0.4, -0.2) is 47.9 Å². The number of carbonyl (C=O) groups is 2. The molecule has 5 heteroatoms. The van der Waals surface area contributed by atoms with Gasteiger partial charge in [0, 0.05) is 6.42 Å². The van der Waals surface area contributed by atoms with Crippen LogP contribution in [0.3, 0.4) is 0 Å². The number of unbranched alkanes of at least 4 members (excludes halogenated alkanes) is 3. The monoisotopic (exact) mass is 362 g/mol. The number of nitrogens with two attached hydrogens (primary N) is 1. The van der Waals surface area contributed by atoms with Gasteiger partial charge in [0.1, 0.15) is 5.78 Å². The van der Waals surface area contributed by atoms with Crippen LogP contribution in [0.15, 0.2) is 0 Å². The maximum absolute atomic E-state index is 11.6. The lowest BCUT2D eigenvalue weighted by Crippen LogP contribution is -2.38. The molecule has 0 bridgehead atoms. The Hall–Kier alpha value is -0.940. The zero-order valence-electron chi connectivity index (χ0n) is 18.2. The molecular formula is C20H46N2O3. The van der Waals surface area contributed by atoms with Gasteiger partial charge >= 0.3 is 5.97 Å². The van der Waals surface area contributed by atoms with Gasteiger partial charge in [0.25, 0.3) is 0 Å². The van der Waals surface area contributed by atoms with Gasteiger partial charge in [0.15, 0.2) is 0 Å². The third-order valence-electron chi connectivity index (χ3n) is 3.33. The number of rotatable bonds is 12. The molecule has 0 aliphatic rings. The number of nitrogens with zero attached hydrogens (tertiary/aromatic N) is 1. The molecule has 1 unspecified atom stereocenters. The van der Waals surface area contributed by atoms with E-state index in [9.17, 15) is 9.59 Å². The number of carboxylic acids is 1. The summed E-state index contributed by atoms with van der Waals surface area (Å²) in [4.78, 5) is 24.0. The van der Waals surface area contributed by atoms with E-state index in [0.29, 0.717) is 6.54 Å². The van der Waals surface area contributed by atoms with E-state index in [0.717, 1.165) is 45.1 Å². The predicted molar refractivity (Wildman–Crippen MR) is 110 cm³/mol. The molecular weight excluding hydrogens is 316 g/mol. The van der Waals surface area contributed by atoms with Gasteiger partial charge in [-0.25, -0.2) is 0 Å². The highest BCUT2D eigenvalue weighted by atomic mass is 16.4. The first kappa shape index (κ1) is 31.8. The molecule has 25 heavy (non-hydrogen) atoms. The van der Waals surface area contributed by atoms with Gasteiger partial charge in [-0.15, -0.1) is 0 Å². The molecule has 0 saturated carbocycles. The molecule has 154 valence electrons. The normalized spacial score (nSPS) is 10.3. The van der Waals surface area contributed by atoms with Gasteiger partial charge in [-0.05, 0) is 46.3 Å². The fourth-order valence-corrected chi connectivity index (χ4v) is 2.20. The predicted octanol–water partition coefficient (Wildman–Crippen LogP) is 4.73. The third kappa shape index (κ3) is 25.4. The molecule has 0 fully saturated rings. The first-order valence-electron chi connectivity index (χ1n) is 10.1. The standard InChI is InChI=1S/C14H28N2O3.3C2H6/c1-12(17)13(16(2)11-7-10-15)8-5-3-4-6-9-14(18)19;3*1-2/h13H,3-11,15H2,1-2H3,(H,18,19);3*1-2H3. The van der Waals surface area contributed by atoms with E-state index in [4.69, 9.17) is 10.8 Å². The molecule has 0 amide bonds. The second-order valence-corrected chi connectivity index (χ2v) is 5.10. The van der Waals surface area contributed by atoms with E-state index in [2.05, 4.69) is 4.90 Å². The summed E-state index contributed by atoms with van der Waals surface area (Å²) in [6.07, 6.45) is 5.60. The highest BCUT2D eigenvalue weighted by molar-refractivity contribution is 5.81. The quantitative estimate of drug-likeness (QED) is 0.490. The summed E-state index contributed by atoms with van der Waals surface area (Å²) >= 11 is 0. The van der Waals surface area contributed by atoms with Gasteiger partial charge in [-0.2, -0.15) is 0 Å². The lowest BCUT2D eigenvalue weighted by molar-refractivity contribution is -0.137. The molecule has 5 nitrogen and oxygen atoms in total. The summed E-state index contributed by atoms with van der Waals surface area (Å²) in [6, 6.07) is -0.0222. The molecule has 1 atom stereocenters. The van der Waals surface area contributed by atoms with Crippen LogP contribution in [-0.2, 0) is 9.59 Å². The van der Waals surface area contributed by atoms with E-state index >= 15 is 0 Å². The number of carboxylic acid groups (broad SMARTS) is 1. The Kier molecular flexibility index (Phi) is 35.5. The smallest absolute Gasteiger partial charge is 0.303 e. The number of aliphatic carboxylic acids is 1. The van der Waals surface area contributed by atoms with Crippen molar-refractivity contribution in [3.63, 3.8) is 0 Å². The Bertz CT molecular complexity index is 272. The highest BCUT2D eigenvalue weighted by Gasteiger charge is 2.18. The van der Waals surface area contributed by atoms with Crippen molar-refractivity contribution in [2.24, 2.45) is 5.73 Å². The molecule has 0 radical (unpaired) electrons. The molecule has 0 aliphatic heterocycles. The first-order valence-corrected chi connectivity index (χ1v) is 10.1. The van der Waals surface area contributed by atoms with Gasteiger partial charge in [0.05, 0.1) is 6.04 Å². The van der Waals surface area contributed by atoms with Gasteiger partial charge < -0.3 is 10.8 Å². The molecule has 0 aromatic carbocycles. The molecule has 0 spiro atoms. The Labute approximate surface area is 157 Å². The van der Waals surface area contributed by atoms with E-state index in [1.54, 1.807) is 6.92 Å². The SMILES string of the molecule is CC.CC.CC.CC(=O)C(CCCCCCC(=O)O)N(C)CCCN. The van der Waals surface area contributed by atoms with Crippen LogP contribution in [0.25, 0.3) is 0 Å². The minimum atomic E-state index is -0.733. The summed E-state index contributed by atoms with van der Waals surface area (Å²) in [5.74, 6) is -0.534. The van der Waals surface area contributed by atoms with Crippen molar-refractivity contribution >= 4 is 11.8 Å². The van der Waals surface area contributed by atoms with Crippen molar-refractivity contribution in [2.45, 2.75) is 99.5 Å². The average molecular weight is 363 g/mol. The van der Waals surface area contributed by atoms with Crippen molar-refractivity contribution in [1.82, 2.24) is 4.90 Å².